The van der Waals surface area contributed by atoms with E-state index in [9.17, 15) is 26.4 Å². The maximum Gasteiger partial charge on any atom is 0.392 e. The molecule has 2 N–H and O–H groups in total. The zero-order chi connectivity index (χ0) is 30.8. The summed E-state index contributed by atoms with van der Waals surface area (Å²) in [5, 5.41) is -0.537. The molecule has 1 amide bonds. The molecule has 0 aromatic carbocycles. The summed E-state index contributed by atoms with van der Waals surface area (Å²) in [5.41, 5.74) is 2.13. The van der Waals surface area contributed by atoms with Crippen LogP contribution in [-0.4, -0.2) is 110 Å². The number of fused-ring (bicyclic) bond motifs is 1. The number of sulfone groups is 1. The van der Waals surface area contributed by atoms with Gasteiger partial charge in [0.05, 0.1) is 17.8 Å². The summed E-state index contributed by atoms with van der Waals surface area (Å²) < 4.78 is 114. The topological polar surface area (TPSA) is 85.0 Å². The lowest BCUT2D eigenvalue weighted by Gasteiger charge is -2.45. The maximum atomic E-state index is 16.1. The number of hydrogen-bond acceptors (Lipinski definition) is 7. The number of rotatable bonds is 7. The first-order valence-electron chi connectivity index (χ1n) is 14.9. The molecule has 0 bridgehead atoms. The predicted molar refractivity (Wildman–Crippen MR) is 144 cm³/mol. The quantitative estimate of drug-likeness (QED) is 0.418. The average molecular weight is 632 g/mol. The summed E-state index contributed by atoms with van der Waals surface area (Å²) >= 11 is 0. The third kappa shape index (κ3) is 5.93. The lowest BCUT2D eigenvalue weighted by atomic mass is 9.68. The van der Waals surface area contributed by atoms with Crippen molar-refractivity contribution in [2.24, 2.45) is 29.6 Å². The highest BCUT2D eigenvalue weighted by atomic mass is 32.2. The Morgan fingerprint density at radius 1 is 1.00 bits per heavy atom. The number of nitrogens with zero attached hydrogens (tertiary/aromatic N) is 3. The normalized spacial score (nSPS) is 39.1. The van der Waals surface area contributed by atoms with Gasteiger partial charge < -0.3 is 9.80 Å². The fourth-order valence-electron chi connectivity index (χ4n) is 8.36. The van der Waals surface area contributed by atoms with Crippen molar-refractivity contribution in [1.29, 1.82) is 0 Å². The number of carbonyl (C=O) groups excluding carboxylic acids is 1. The molecule has 0 aromatic heterocycles. The van der Waals surface area contributed by atoms with Crippen molar-refractivity contribution in [2.45, 2.75) is 87.1 Å². The second kappa shape index (κ2) is 11.3. The van der Waals surface area contributed by atoms with Crippen LogP contribution in [0.15, 0.2) is 0 Å². The summed E-state index contributed by atoms with van der Waals surface area (Å²) in [6, 6.07) is -0.596. The third-order valence-electron chi connectivity index (χ3n) is 10.8. The molecule has 3 saturated heterocycles. The number of likely N-dealkylation sites (tertiary alicyclic amines) is 2. The lowest BCUT2D eigenvalue weighted by molar-refractivity contribution is -0.204. The molecule has 242 valence electrons. The van der Waals surface area contributed by atoms with Gasteiger partial charge in [-0.15, -0.1) is 0 Å². The van der Waals surface area contributed by atoms with E-state index in [1.807, 2.05) is 4.90 Å². The van der Waals surface area contributed by atoms with Gasteiger partial charge in [0.1, 0.15) is 6.17 Å². The molecule has 5 fully saturated rings. The van der Waals surface area contributed by atoms with Crippen molar-refractivity contribution in [3.8, 4) is 0 Å². The zero-order valence-electron chi connectivity index (χ0n) is 24.3. The van der Waals surface area contributed by atoms with Crippen molar-refractivity contribution in [3.63, 3.8) is 0 Å². The molecule has 2 aliphatic carbocycles. The summed E-state index contributed by atoms with van der Waals surface area (Å²) in [4.78, 5) is 18.3. The number of alkyl halides is 6. The molecule has 5 aliphatic rings. The Hall–Kier alpha value is -1.16. The van der Waals surface area contributed by atoms with Gasteiger partial charge in [-0.3, -0.25) is 9.69 Å². The van der Waals surface area contributed by atoms with Gasteiger partial charge in [0.2, 0.25) is 5.91 Å². The van der Waals surface area contributed by atoms with Crippen LogP contribution in [0.1, 0.15) is 51.9 Å². The van der Waals surface area contributed by atoms with Gasteiger partial charge in [0.15, 0.2) is 15.5 Å². The Kier molecular flexibility index (Phi) is 8.70. The Morgan fingerprint density at radius 2 is 1.71 bits per heavy atom. The summed E-state index contributed by atoms with van der Waals surface area (Å²) in [6.07, 6.45) is -3.32. The van der Waals surface area contributed by atoms with E-state index in [2.05, 4.69) is 10.9 Å². The molecule has 42 heavy (non-hydrogen) atoms. The average Bonchev–Trinajstić information content (AvgIpc) is 3.62. The van der Waals surface area contributed by atoms with Crippen LogP contribution in [0, 0.1) is 29.6 Å². The highest BCUT2D eigenvalue weighted by Crippen LogP contribution is 2.52. The molecule has 2 saturated carbocycles. The van der Waals surface area contributed by atoms with Gasteiger partial charge in [-0.1, -0.05) is 6.42 Å². The minimum absolute atomic E-state index is 0.0294. The predicted octanol–water partition coefficient (Wildman–Crippen LogP) is 3.01. The molecular formula is C27H43F6N5O3S. The van der Waals surface area contributed by atoms with Gasteiger partial charge in [0, 0.05) is 43.8 Å². The smallest absolute Gasteiger partial charge is 0.339 e. The first kappa shape index (κ1) is 32.2. The standard InChI is InChI=1S/C27H43F6N5O3S/c1-25(28,26(29,30)24-35-34-15-36(24)2)17-5-4-6-18(11-17)38-14-21-20(23(38)39)9-16(10-22(21)27(31,32)33)12-37-8-7-19(13-37)42(3,40)41/h16-22,24,34-35H,4-15H2,1-3H3/t16?,17?,18?,19-,20?,21?,22?,24?,25+/m0/s1. The molecule has 9 atom stereocenters. The van der Waals surface area contributed by atoms with E-state index in [-0.39, 0.29) is 45.4 Å². The summed E-state index contributed by atoms with van der Waals surface area (Å²) in [7, 11) is -1.80. The highest BCUT2D eigenvalue weighted by molar-refractivity contribution is 7.91. The molecule has 0 radical (unpaired) electrons. The van der Waals surface area contributed by atoms with E-state index in [1.54, 1.807) is 0 Å². The maximum absolute atomic E-state index is 16.1. The van der Waals surface area contributed by atoms with E-state index in [1.165, 1.54) is 23.1 Å². The van der Waals surface area contributed by atoms with Crippen molar-refractivity contribution in [3.05, 3.63) is 0 Å². The second-order valence-corrected chi connectivity index (χ2v) is 15.9. The van der Waals surface area contributed by atoms with Crippen LogP contribution in [0.25, 0.3) is 0 Å². The first-order valence-corrected chi connectivity index (χ1v) is 16.9. The lowest BCUT2D eigenvalue weighted by Crippen LogP contribution is -2.62. The number of hydrogen-bond donors (Lipinski definition) is 2. The highest BCUT2D eigenvalue weighted by Gasteiger charge is 2.63. The molecular weight excluding hydrogens is 588 g/mol. The van der Waals surface area contributed by atoms with Crippen LogP contribution in [-0.2, 0) is 14.6 Å². The number of amides is 1. The fraction of sp³-hybridized carbons (Fsp3) is 0.963. The summed E-state index contributed by atoms with van der Waals surface area (Å²) in [6.45, 7) is 1.97. The van der Waals surface area contributed by atoms with Crippen LogP contribution in [0.2, 0.25) is 0 Å². The SMILES string of the molecule is CN1CNNC1C(F)(F)[C@](C)(F)C1CCCC(N2CC3C(CC(CN4CC[C@H](S(C)(=O)=O)C4)CC3C(F)(F)F)C2=O)C1. The molecule has 0 spiro atoms. The Bertz CT molecular complexity index is 1120. The summed E-state index contributed by atoms with van der Waals surface area (Å²) in [5.74, 6) is -9.11. The van der Waals surface area contributed by atoms with Gasteiger partial charge in [-0.25, -0.2) is 23.7 Å². The second-order valence-electron chi connectivity index (χ2n) is 13.6. The Morgan fingerprint density at radius 3 is 2.31 bits per heavy atom. The first-order chi connectivity index (χ1) is 19.4. The van der Waals surface area contributed by atoms with Gasteiger partial charge in [-0.05, 0) is 70.9 Å². The van der Waals surface area contributed by atoms with Gasteiger partial charge in [0.25, 0.3) is 0 Å². The molecule has 0 aromatic rings. The molecule has 5 rings (SSSR count). The van der Waals surface area contributed by atoms with E-state index >= 15 is 13.2 Å². The molecule has 7 unspecified atom stereocenters. The fourth-order valence-corrected chi connectivity index (χ4v) is 9.38. The Balaban J connectivity index is 1.29. The van der Waals surface area contributed by atoms with Crippen LogP contribution < -0.4 is 10.9 Å². The van der Waals surface area contributed by atoms with Crippen molar-refractivity contribution in [1.82, 2.24) is 25.6 Å². The van der Waals surface area contributed by atoms with Crippen LogP contribution >= 0.6 is 0 Å². The number of halogens is 6. The number of hydrazine groups is 1. The van der Waals surface area contributed by atoms with Crippen molar-refractivity contribution >= 4 is 15.7 Å². The minimum atomic E-state index is -4.51. The van der Waals surface area contributed by atoms with Crippen LogP contribution in [0.3, 0.4) is 0 Å². The number of nitrogens with one attached hydrogen (secondary N) is 2. The largest absolute Gasteiger partial charge is 0.392 e. The van der Waals surface area contributed by atoms with Gasteiger partial charge in [-0.2, -0.15) is 22.0 Å². The minimum Gasteiger partial charge on any atom is -0.339 e. The Labute approximate surface area is 243 Å². The van der Waals surface area contributed by atoms with Crippen LogP contribution in [0.5, 0.6) is 0 Å². The van der Waals surface area contributed by atoms with E-state index in [4.69, 9.17) is 0 Å². The van der Waals surface area contributed by atoms with E-state index in [0.29, 0.717) is 32.4 Å². The zero-order valence-corrected chi connectivity index (χ0v) is 25.2. The molecule has 15 heteroatoms. The van der Waals surface area contributed by atoms with Crippen molar-refractivity contribution < 1.29 is 39.6 Å². The van der Waals surface area contributed by atoms with E-state index < -0.39 is 80.6 Å². The van der Waals surface area contributed by atoms with Crippen molar-refractivity contribution in [2.75, 3.05) is 46.2 Å². The monoisotopic (exact) mass is 631 g/mol. The van der Waals surface area contributed by atoms with Crippen LogP contribution in [0.4, 0.5) is 26.3 Å². The molecule has 3 aliphatic heterocycles. The number of carbonyl (C=O) groups is 1. The van der Waals surface area contributed by atoms with E-state index in [0.717, 1.165) is 6.92 Å². The third-order valence-corrected chi connectivity index (χ3v) is 12.4. The molecule has 8 nitrogen and oxygen atoms in total. The molecule has 3 heterocycles. The van der Waals surface area contributed by atoms with Gasteiger partial charge >= 0.3 is 12.1 Å².